The average molecular weight is 237 g/mol. The van der Waals surface area contributed by atoms with Crippen molar-refractivity contribution in [1.82, 2.24) is 5.32 Å². The van der Waals surface area contributed by atoms with Gasteiger partial charge in [0.1, 0.15) is 11.6 Å². The van der Waals surface area contributed by atoms with Crippen molar-refractivity contribution >= 4 is 5.97 Å². The van der Waals surface area contributed by atoms with Crippen molar-refractivity contribution in [2.45, 2.75) is 51.6 Å². The largest absolute Gasteiger partial charge is 0.459 e. The Morgan fingerprint density at radius 3 is 2.56 bits per heavy atom. The standard InChI is InChI=1S/C10H17F2NO3/c1-10(2,3)16-8(14)7-4-6(5-13-7)15-9(11)12/h6-7,9,13H,4-5H2,1-3H3/t6-,7-/m1/s1. The maximum atomic E-state index is 11.9. The summed E-state index contributed by atoms with van der Waals surface area (Å²) in [4.78, 5) is 11.6. The number of alkyl halides is 2. The van der Waals surface area contributed by atoms with Crippen molar-refractivity contribution in [3.63, 3.8) is 0 Å². The molecule has 94 valence electrons. The topological polar surface area (TPSA) is 47.6 Å². The lowest BCUT2D eigenvalue weighted by Crippen LogP contribution is -2.37. The van der Waals surface area contributed by atoms with Crippen LogP contribution in [-0.2, 0) is 14.3 Å². The molecule has 0 bridgehead atoms. The lowest BCUT2D eigenvalue weighted by atomic mass is 10.1. The van der Waals surface area contributed by atoms with E-state index >= 15 is 0 Å². The molecule has 4 nitrogen and oxygen atoms in total. The van der Waals surface area contributed by atoms with Crippen LogP contribution >= 0.6 is 0 Å². The zero-order chi connectivity index (χ0) is 12.3. The minimum atomic E-state index is -2.80. The van der Waals surface area contributed by atoms with E-state index in [1.54, 1.807) is 20.8 Å². The fourth-order valence-electron chi connectivity index (χ4n) is 1.50. The molecule has 6 heteroatoms. The van der Waals surface area contributed by atoms with Crippen molar-refractivity contribution in [2.24, 2.45) is 0 Å². The van der Waals surface area contributed by atoms with Crippen LogP contribution in [0, 0.1) is 0 Å². The van der Waals surface area contributed by atoms with Gasteiger partial charge < -0.3 is 14.8 Å². The molecule has 1 heterocycles. The number of ether oxygens (including phenoxy) is 2. The van der Waals surface area contributed by atoms with Crippen molar-refractivity contribution in [3.8, 4) is 0 Å². The minimum absolute atomic E-state index is 0.221. The van der Waals surface area contributed by atoms with Gasteiger partial charge in [-0.2, -0.15) is 8.78 Å². The first kappa shape index (κ1) is 13.3. The lowest BCUT2D eigenvalue weighted by molar-refractivity contribution is -0.163. The fourth-order valence-corrected chi connectivity index (χ4v) is 1.50. The Labute approximate surface area is 93.3 Å². The van der Waals surface area contributed by atoms with Crippen LogP contribution in [0.1, 0.15) is 27.2 Å². The summed E-state index contributed by atoms with van der Waals surface area (Å²) in [6.45, 7) is 2.71. The van der Waals surface area contributed by atoms with E-state index in [2.05, 4.69) is 10.1 Å². The molecular formula is C10H17F2NO3. The van der Waals surface area contributed by atoms with E-state index in [4.69, 9.17) is 4.74 Å². The maximum absolute atomic E-state index is 11.9. The highest BCUT2D eigenvalue weighted by Crippen LogP contribution is 2.17. The van der Waals surface area contributed by atoms with Crippen LogP contribution in [0.5, 0.6) is 0 Å². The van der Waals surface area contributed by atoms with Gasteiger partial charge >= 0.3 is 12.6 Å². The van der Waals surface area contributed by atoms with Gasteiger partial charge in [0.15, 0.2) is 0 Å². The Morgan fingerprint density at radius 1 is 1.44 bits per heavy atom. The average Bonchev–Trinajstić information content (AvgIpc) is 2.48. The summed E-state index contributed by atoms with van der Waals surface area (Å²) in [6.07, 6.45) is -0.406. The quantitative estimate of drug-likeness (QED) is 0.751. The van der Waals surface area contributed by atoms with Crippen molar-refractivity contribution < 1.29 is 23.0 Å². The van der Waals surface area contributed by atoms with E-state index in [0.717, 1.165) is 0 Å². The molecule has 0 radical (unpaired) electrons. The summed E-state index contributed by atoms with van der Waals surface area (Å²) < 4.78 is 33.3. The first-order chi connectivity index (χ1) is 7.28. The van der Waals surface area contributed by atoms with Crippen LogP contribution in [0.3, 0.4) is 0 Å². The Morgan fingerprint density at radius 2 is 2.06 bits per heavy atom. The van der Waals surface area contributed by atoms with Crippen LogP contribution < -0.4 is 5.32 Å². The number of carbonyl (C=O) groups is 1. The zero-order valence-corrected chi connectivity index (χ0v) is 9.63. The minimum Gasteiger partial charge on any atom is -0.459 e. The molecule has 0 saturated carbocycles. The van der Waals surface area contributed by atoms with E-state index in [1.807, 2.05) is 0 Å². The zero-order valence-electron chi connectivity index (χ0n) is 9.63. The van der Waals surface area contributed by atoms with Crippen LogP contribution in [0.15, 0.2) is 0 Å². The number of hydrogen-bond acceptors (Lipinski definition) is 4. The Hall–Kier alpha value is -0.750. The summed E-state index contributed by atoms with van der Waals surface area (Å²) in [5.41, 5.74) is -0.569. The van der Waals surface area contributed by atoms with Gasteiger partial charge in [0.05, 0.1) is 6.10 Å². The second-order valence-electron chi connectivity index (χ2n) is 4.75. The number of halogens is 2. The molecule has 1 fully saturated rings. The molecule has 1 N–H and O–H groups in total. The Balaban J connectivity index is 2.38. The third-order valence-electron chi connectivity index (χ3n) is 2.08. The first-order valence-electron chi connectivity index (χ1n) is 5.18. The SMILES string of the molecule is CC(C)(C)OC(=O)[C@H]1C[C@@H](OC(F)F)CN1. The fraction of sp³-hybridized carbons (Fsp3) is 0.900. The molecule has 0 aliphatic carbocycles. The number of rotatable bonds is 3. The van der Waals surface area contributed by atoms with Gasteiger partial charge in [-0.15, -0.1) is 0 Å². The second kappa shape index (κ2) is 5.05. The summed E-state index contributed by atoms with van der Waals surface area (Å²) in [7, 11) is 0. The molecule has 1 saturated heterocycles. The maximum Gasteiger partial charge on any atom is 0.345 e. The predicted molar refractivity (Wildman–Crippen MR) is 53.1 cm³/mol. The molecule has 0 aromatic heterocycles. The molecule has 0 aromatic carbocycles. The van der Waals surface area contributed by atoms with Gasteiger partial charge in [-0.25, -0.2) is 0 Å². The van der Waals surface area contributed by atoms with E-state index < -0.39 is 30.3 Å². The summed E-state index contributed by atoms with van der Waals surface area (Å²) in [5.74, 6) is -0.423. The smallest absolute Gasteiger partial charge is 0.345 e. The highest BCUT2D eigenvalue weighted by Gasteiger charge is 2.34. The Bertz CT molecular complexity index is 253. The molecule has 0 unspecified atom stereocenters. The highest BCUT2D eigenvalue weighted by atomic mass is 19.3. The third kappa shape index (κ3) is 4.40. The Kier molecular flexibility index (Phi) is 4.21. The lowest BCUT2D eigenvalue weighted by Gasteiger charge is -2.22. The summed E-state index contributed by atoms with van der Waals surface area (Å²) >= 11 is 0. The molecular weight excluding hydrogens is 220 g/mol. The normalized spacial score (nSPS) is 26.1. The van der Waals surface area contributed by atoms with Gasteiger partial charge in [-0.05, 0) is 20.8 Å². The molecule has 1 aliphatic heterocycles. The molecule has 0 spiro atoms. The van der Waals surface area contributed by atoms with E-state index in [1.165, 1.54) is 0 Å². The summed E-state index contributed by atoms with van der Waals surface area (Å²) in [6, 6.07) is -0.553. The number of hydrogen-bond donors (Lipinski definition) is 1. The van der Waals surface area contributed by atoms with Crippen LogP contribution in [0.2, 0.25) is 0 Å². The molecule has 1 rings (SSSR count). The first-order valence-corrected chi connectivity index (χ1v) is 5.18. The third-order valence-corrected chi connectivity index (χ3v) is 2.08. The van der Waals surface area contributed by atoms with Crippen LogP contribution in [0.25, 0.3) is 0 Å². The molecule has 0 aromatic rings. The van der Waals surface area contributed by atoms with Gasteiger partial charge in [-0.1, -0.05) is 0 Å². The van der Waals surface area contributed by atoms with E-state index in [9.17, 15) is 13.6 Å². The molecule has 1 aliphatic rings. The van der Waals surface area contributed by atoms with Gasteiger partial charge in [0, 0.05) is 13.0 Å². The predicted octanol–water partition coefficient (Wildman–Crippen LogP) is 1.30. The van der Waals surface area contributed by atoms with Crippen molar-refractivity contribution in [1.29, 1.82) is 0 Å². The van der Waals surface area contributed by atoms with E-state index in [-0.39, 0.29) is 13.0 Å². The molecule has 0 amide bonds. The number of nitrogens with one attached hydrogen (secondary N) is 1. The number of carbonyl (C=O) groups excluding carboxylic acids is 1. The van der Waals surface area contributed by atoms with Gasteiger partial charge in [-0.3, -0.25) is 4.79 Å². The number of esters is 1. The summed E-state index contributed by atoms with van der Waals surface area (Å²) in [5, 5.41) is 2.80. The van der Waals surface area contributed by atoms with Crippen molar-refractivity contribution in [2.75, 3.05) is 6.54 Å². The van der Waals surface area contributed by atoms with E-state index in [0.29, 0.717) is 0 Å². The van der Waals surface area contributed by atoms with Crippen molar-refractivity contribution in [3.05, 3.63) is 0 Å². The van der Waals surface area contributed by atoms with Crippen LogP contribution in [0.4, 0.5) is 8.78 Å². The molecule has 16 heavy (non-hydrogen) atoms. The second-order valence-corrected chi connectivity index (χ2v) is 4.75. The highest BCUT2D eigenvalue weighted by molar-refractivity contribution is 5.76. The van der Waals surface area contributed by atoms with Gasteiger partial charge in [0.2, 0.25) is 0 Å². The van der Waals surface area contributed by atoms with Gasteiger partial charge in [0.25, 0.3) is 0 Å². The monoisotopic (exact) mass is 237 g/mol. The molecule has 2 atom stereocenters. The van der Waals surface area contributed by atoms with Crippen LogP contribution in [-0.4, -0.2) is 36.9 Å².